The van der Waals surface area contributed by atoms with Gasteiger partial charge in [0.25, 0.3) is 0 Å². The molecular formula is C5H8F3NO4S. The lowest BCUT2D eigenvalue weighted by atomic mass is 10.4. The zero-order chi connectivity index (χ0) is 11.6. The van der Waals surface area contributed by atoms with Gasteiger partial charge in [-0.2, -0.15) is 17.5 Å². The van der Waals surface area contributed by atoms with Crippen molar-refractivity contribution in [1.29, 1.82) is 0 Å². The van der Waals surface area contributed by atoms with Crippen molar-refractivity contribution < 1.29 is 31.5 Å². The molecule has 0 heterocycles. The first-order valence-corrected chi connectivity index (χ1v) is 4.77. The summed E-state index contributed by atoms with van der Waals surface area (Å²) < 4.78 is 56.6. The molecule has 0 aliphatic heterocycles. The highest BCUT2D eigenvalue weighted by Gasteiger charge is 2.48. The number of hydrogen-bond acceptors (Lipinski definition) is 3. The van der Waals surface area contributed by atoms with Crippen molar-refractivity contribution in [2.75, 3.05) is 13.6 Å². The first-order valence-electron chi connectivity index (χ1n) is 3.33. The lowest BCUT2D eigenvalue weighted by Crippen LogP contribution is -2.39. The van der Waals surface area contributed by atoms with E-state index in [1.54, 1.807) is 0 Å². The van der Waals surface area contributed by atoms with Gasteiger partial charge in [-0.15, -0.1) is 0 Å². The number of aliphatic carboxylic acids is 1. The van der Waals surface area contributed by atoms with Gasteiger partial charge in [0, 0.05) is 13.6 Å². The Bertz CT molecular complexity index is 309. The highest BCUT2D eigenvalue weighted by molar-refractivity contribution is 7.89. The van der Waals surface area contributed by atoms with E-state index in [1.807, 2.05) is 0 Å². The van der Waals surface area contributed by atoms with Crippen molar-refractivity contribution in [2.45, 2.75) is 11.9 Å². The fourth-order valence-electron chi connectivity index (χ4n) is 0.550. The average Bonchev–Trinajstić information content (AvgIpc) is 1.97. The van der Waals surface area contributed by atoms with Crippen LogP contribution in [0.4, 0.5) is 13.2 Å². The third-order valence-corrected chi connectivity index (χ3v) is 2.93. The van der Waals surface area contributed by atoms with E-state index in [-0.39, 0.29) is 4.31 Å². The van der Waals surface area contributed by atoms with E-state index in [1.165, 1.54) is 0 Å². The molecule has 0 spiro atoms. The fourth-order valence-corrected chi connectivity index (χ4v) is 1.24. The van der Waals surface area contributed by atoms with Crippen LogP contribution < -0.4 is 0 Å². The molecule has 0 amide bonds. The Morgan fingerprint density at radius 2 is 1.86 bits per heavy atom. The zero-order valence-corrected chi connectivity index (χ0v) is 7.89. The van der Waals surface area contributed by atoms with Crippen LogP contribution in [0.1, 0.15) is 6.42 Å². The van der Waals surface area contributed by atoms with Gasteiger partial charge in [0.05, 0.1) is 6.42 Å². The topological polar surface area (TPSA) is 74.7 Å². The van der Waals surface area contributed by atoms with E-state index in [9.17, 15) is 26.4 Å². The standard InChI is InChI=1S/C5H8F3NO4S/c1-9(3-2-4(10)11)14(12,13)5(6,7)8/h2-3H2,1H3,(H,10,11). The van der Waals surface area contributed by atoms with Gasteiger partial charge in [0.15, 0.2) is 0 Å². The fraction of sp³-hybridized carbons (Fsp3) is 0.800. The molecule has 0 bridgehead atoms. The molecule has 0 aromatic carbocycles. The maximum atomic E-state index is 11.8. The molecule has 9 heteroatoms. The van der Waals surface area contributed by atoms with Crippen molar-refractivity contribution in [1.82, 2.24) is 4.31 Å². The number of sulfonamides is 1. The Labute approximate surface area is 78.2 Å². The number of carbonyl (C=O) groups is 1. The number of carboxylic acid groups (broad SMARTS) is 1. The molecule has 84 valence electrons. The zero-order valence-electron chi connectivity index (χ0n) is 7.08. The van der Waals surface area contributed by atoms with E-state index in [2.05, 4.69) is 0 Å². The van der Waals surface area contributed by atoms with Crippen molar-refractivity contribution in [3.8, 4) is 0 Å². The molecule has 0 unspecified atom stereocenters. The first kappa shape index (κ1) is 13.2. The van der Waals surface area contributed by atoms with E-state index >= 15 is 0 Å². The van der Waals surface area contributed by atoms with E-state index in [0.29, 0.717) is 7.05 Å². The SMILES string of the molecule is CN(CCC(=O)O)S(=O)(=O)C(F)(F)F. The molecule has 0 fully saturated rings. The minimum absolute atomic E-state index is 0.0406. The van der Waals surface area contributed by atoms with Crippen molar-refractivity contribution in [3.05, 3.63) is 0 Å². The van der Waals surface area contributed by atoms with Gasteiger partial charge in [-0.25, -0.2) is 8.42 Å². The molecule has 0 saturated carbocycles. The molecule has 14 heavy (non-hydrogen) atoms. The van der Waals surface area contributed by atoms with Crippen LogP contribution in [0.3, 0.4) is 0 Å². The normalized spacial score (nSPS) is 13.2. The molecule has 0 aromatic heterocycles. The van der Waals surface area contributed by atoms with Gasteiger partial charge in [-0.05, 0) is 0 Å². The molecular weight excluding hydrogens is 227 g/mol. The van der Waals surface area contributed by atoms with E-state index in [4.69, 9.17) is 5.11 Å². The second kappa shape index (κ2) is 4.13. The highest BCUT2D eigenvalue weighted by Crippen LogP contribution is 2.25. The number of nitrogens with zero attached hydrogens (tertiary/aromatic N) is 1. The molecule has 0 saturated heterocycles. The van der Waals surface area contributed by atoms with E-state index in [0.717, 1.165) is 0 Å². The van der Waals surface area contributed by atoms with Gasteiger partial charge in [-0.3, -0.25) is 4.79 Å². The van der Waals surface area contributed by atoms with E-state index < -0.39 is 34.5 Å². The molecule has 0 aliphatic rings. The van der Waals surface area contributed by atoms with Crippen LogP contribution in [0.15, 0.2) is 0 Å². The number of halogens is 3. The molecule has 1 N–H and O–H groups in total. The summed E-state index contributed by atoms with van der Waals surface area (Å²) in [6.45, 7) is -0.711. The summed E-state index contributed by atoms with van der Waals surface area (Å²) in [4.78, 5) is 9.98. The third-order valence-electron chi connectivity index (χ3n) is 1.34. The summed E-state index contributed by atoms with van der Waals surface area (Å²) in [6, 6.07) is 0. The average molecular weight is 235 g/mol. The number of carboxylic acids is 1. The maximum Gasteiger partial charge on any atom is 0.511 e. The van der Waals surface area contributed by atoms with Crippen LogP contribution in [0.5, 0.6) is 0 Å². The summed E-state index contributed by atoms with van der Waals surface area (Å²) in [5.41, 5.74) is -5.39. The molecule has 0 aromatic rings. The monoisotopic (exact) mass is 235 g/mol. The summed E-state index contributed by atoms with van der Waals surface area (Å²) in [5, 5.41) is 8.13. The van der Waals surface area contributed by atoms with Gasteiger partial charge >= 0.3 is 21.5 Å². The second-order valence-corrected chi connectivity index (χ2v) is 4.45. The maximum absolute atomic E-state index is 11.8. The molecule has 0 atom stereocenters. The van der Waals surface area contributed by atoms with Crippen molar-refractivity contribution >= 4 is 16.0 Å². The quantitative estimate of drug-likeness (QED) is 0.757. The summed E-state index contributed by atoms with van der Waals surface area (Å²) in [6.07, 6.45) is -0.675. The molecule has 0 aliphatic carbocycles. The van der Waals surface area contributed by atoms with Crippen LogP contribution in [0.25, 0.3) is 0 Å². The Morgan fingerprint density at radius 3 is 2.14 bits per heavy atom. The Balaban J connectivity index is 4.54. The van der Waals surface area contributed by atoms with Crippen LogP contribution in [-0.4, -0.2) is 42.9 Å². The first-order chi connectivity index (χ1) is 6.09. The van der Waals surface area contributed by atoms with Crippen LogP contribution >= 0.6 is 0 Å². The summed E-state index contributed by atoms with van der Waals surface area (Å²) >= 11 is 0. The minimum atomic E-state index is -5.40. The summed E-state index contributed by atoms with van der Waals surface area (Å²) in [7, 11) is -4.73. The number of rotatable bonds is 4. The largest absolute Gasteiger partial charge is 0.511 e. The van der Waals surface area contributed by atoms with Crippen LogP contribution in [0, 0.1) is 0 Å². The number of hydrogen-bond donors (Lipinski definition) is 1. The Morgan fingerprint density at radius 1 is 1.43 bits per heavy atom. The second-order valence-electron chi connectivity index (χ2n) is 2.42. The predicted molar refractivity (Wildman–Crippen MR) is 39.9 cm³/mol. The third kappa shape index (κ3) is 3.14. The predicted octanol–water partition coefficient (Wildman–Crippen LogP) is 0.242. The minimum Gasteiger partial charge on any atom is -0.481 e. The Kier molecular flexibility index (Phi) is 3.89. The van der Waals surface area contributed by atoms with Gasteiger partial charge in [0.1, 0.15) is 0 Å². The van der Waals surface area contributed by atoms with Crippen LogP contribution in [-0.2, 0) is 14.8 Å². The van der Waals surface area contributed by atoms with Gasteiger partial charge in [-0.1, -0.05) is 0 Å². The smallest absolute Gasteiger partial charge is 0.481 e. The van der Waals surface area contributed by atoms with Gasteiger partial charge in [0.2, 0.25) is 0 Å². The number of alkyl halides is 3. The molecule has 0 radical (unpaired) electrons. The lowest BCUT2D eigenvalue weighted by Gasteiger charge is -2.17. The lowest BCUT2D eigenvalue weighted by molar-refractivity contribution is -0.137. The highest BCUT2D eigenvalue weighted by atomic mass is 32.2. The van der Waals surface area contributed by atoms with Crippen molar-refractivity contribution in [3.63, 3.8) is 0 Å². The van der Waals surface area contributed by atoms with Gasteiger partial charge < -0.3 is 5.11 Å². The Hall–Kier alpha value is -0.830. The molecule has 0 rings (SSSR count). The summed E-state index contributed by atoms with van der Waals surface area (Å²) in [5.74, 6) is -1.37. The molecule has 5 nitrogen and oxygen atoms in total. The van der Waals surface area contributed by atoms with Crippen molar-refractivity contribution in [2.24, 2.45) is 0 Å². The van der Waals surface area contributed by atoms with Crippen LogP contribution in [0.2, 0.25) is 0 Å².